The largest absolute Gasteiger partial charge is 0.334 e. The normalized spacial score (nSPS) is 22.6. The van der Waals surface area contributed by atoms with E-state index in [1.807, 2.05) is 31.2 Å². The van der Waals surface area contributed by atoms with Crippen molar-refractivity contribution in [2.75, 3.05) is 13.1 Å². The minimum Gasteiger partial charge on any atom is -0.334 e. The maximum Gasteiger partial charge on any atom is 0.243 e. The first kappa shape index (κ1) is 19.0. The summed E-state index contributed by atoms with van der Waals surface area (Å²) in [6.07, 6.45) is 3.36. The van der Waals surface area contributed by atoms with E-state index in [0.29, 0.717) is 18.6 Å². The number of carbonyl (C=O) groups is 1. The fourth-order valence-electron chi connectivity index (χ4n) is 4.00. The van der Waals surface area contributed by atoms with Gasteiger partial charge in [0.15, 0.2) is 0 Å². The Morgan fingerprint density at radius 2 is 1.96 bits per heavy atom. The fourth-order valence-corrected chi connectivity index (χ4v) is 4.00. The number of nitrogens with zero attached hydrogens (tertiary/aromatic N) is 3. The number of para-hydroxylation sites is 2. The highest BCUT2D eigenvalue weighted by molar-refractivity contribution is 5.85. The topological polar surface area (TPSA) is 50.2 Å². The van der Waals surface area contributed by atoms with Crippen molar-refractivity contribution >= 4 is 41.8 Å². The van der Waals surface area contributed by atoms with Gasteiger partial charge in [0.1, 0.15) is 12.4 Å². The predicted octanol–water partition coefficient (Wildman–Crippen LogP) is 2.54. The number of fused-ring (bicyclic) bond motifs is 3. The summed E-state index contributed by atoms with van der Waals surface area (Å²) >= 11 is 0. The van der Waals surface area contributed by atoms with Crippen LogP contribution in [0.3, 0.4) is 0 Å². The Hall–Kier alpha value is -1.30. The Labute approximate surface area is 154 Å². The van der Waals surface area contributed by atoms with Crippen molar-refractivity contribution < 1.29 is 4.79 Å². The van der Waals surface area contributed by atoms with Crippen LogP contribution in [0.5, 0.6) is 0 Å². The van der Waals surface area contributed by atoms with E-state index in [0.717, 1.165) is 49.2 Å². The number of aromatic nitrogens is 2. The van der Waals surface area contributed by atoms with Gasteiger partial charge in [0.25, 0.3) is 0 Å². The van der Waals surface area contributed by atoms with Crippen molar-refractivity contribution in [3.05, 3.63) is 30.1 Å². The summed E-state index contributed by atoms with van der Waals surface area (Å²) < 4.78 is 2.05. The van der Waals surface area contributed by atoms with Crippen LogP contribution in [-0.4, -0.2) is 45.5 Å². The van der Waals surface area contributed by atoms with E-state index in [-0.39, 0.29) is 30.7 Å². The molecule has 0 spiro atoms. The maximum atomic E-state index is 12.9. The summed E-state index contributed by atoms with van der Waals surface area (Å²) in [5, 5.41) is 3.45. The van der Waals surface area contributed by atoms with Crippen LogP contribution < -0.4 is 5.32 Å². The molecular formula is C17H24Cl2N4O. The molecule has 2 bridgehead atoms. The maximum absolute atomic E-state index is 12.9. The number of aryl methyl sites for hydroxylation is 1. The highest BCUT2D eigenvalue weighted by Gasteiger charge is 2.37. The average Bonchev–Trinajstić information content (AvgIpc) is 2.95. The van der Waals surface area contributed by atoms with Gasteiger partial charge in [0.2, 0.25) is 5.91 Å². The molecule has 1 aromatic carbocycles. The smallest absolute Gasteiger partial charge is 0.243 e. The third kappa shape index (κ3) is 3.25. The molecule has 2 aliphatic heterocycles. The SMILES string of the molecule is Cc1nc2ccccc2n1CC(=O)N1C2CCNCC1CC2.Cl.Cl. The molecule has 2 atom stereocenters. The molecule has 2 aliphatic rings. The third-order valence-corrected chi connectivity index (χ3v) is 5.08. The number of nitrogens with one attached hydrogen (secondary N) is 1. The van der Waals surface area contributed by atoms with E-state index in [9.17, 15) is 4.79 Å². The average molecular weight is 371 g/mol. The molecule has 2 unspecified atom stereocenters. The number of amides is 1. The molecule has 0 radical (unpaired) electrons. The van der Waals surface area contributed by atoms with E-state index in [1.54, 1.807) is 0 Å². The van der Waals surface area contributed by atoms with Crippen LogP contribution in [0.15, 0.2) is 24.3 Å². The molecular weight excluding hydrogens is 347 g/mol. The zero-order chi connectivity index (χ0) is 15.1. The second-order valence-electron chi connectivity index (χ2n) is 6.41. The van der Waals surface area contributed by atoms with E-state index in [1.165, 1.54) is 0 Å². The molecule has 132 valence electrons. The lowest BCUT2D eigenvalue weighted by atomic mass is 10.1. The van der Waals surface area contributed by atoms with Crippen molar-refractivity contribution in [3.63, 3.8) is 0 Å². The second kappa shape index (κ2) is 7.72. The number of benzene rings is 1. The van der Waals surface area contributed by atoms with Crippen LogP contribution in [0.2, 0.25) is 0 Å². The minimum atomic E-state index is 0. The number of hydrogen-bond acceptors (Lipinski definition) is 3. The molecule has 1 amide bonds. The van der Waals surface area contributed by atoms with Crippen LogP contribution in [0, 0.1) is 6.92 Å². The Bertz CT molecular complexity index is 704. The molecule has 24 heavy (non-hydrogen) atoms. The highest BCUT2D eigenvalue weighted by atomic mass is 35.5. The Morgan fingerprint density at radius 1 is 1.21 bits per heavy atom. The molecule has 1 N–H and O–H groups in total. The lowest BCUT2D eigenvalue weighted by Crippen LogP contribution is -2.44. The standard InChI is InChI=1S/C17H22N4O.2ClH/c1-12-19-15-4-2-3-5-16(15)20(12)11-17(22)21-13-6-7-14(21)10-18-9-8-13;;/h2-5,13-14,18H,6-11H2,1H3;2*1H. The van der Waals surface area contributed by atoms with Crippen LogP contribution >= 0.6 is 24.8 Å². The van der Waals surface area contributed by atoms with E-state index in [4.69, 9.17) is 0 Å². The monoisotopic (exact) mass is 370 g/mol. The fraction of sp³-hybridized carbons (Fsp3) is 0.529. The van der Waals surface area contributed by atoms with Gasteiger partial charge in [-0.25, -0.2) is 4.98 Å². The van der Waals surface area contributed by atoms with Crippen LogP contribution in [-0.2, 0) is 11.3 Å². The van der Waals surface area contributed by atoms with Crippen molar-refractivity contribution in [2.45, 2.75) is 44.8 Å². The van der Waals surface area contributed by atoms with Crippen molar-refractivity contribution in [2.24, 2.45) is 0 Å². The quantitative estimate of drug-likeness (QED) is 0.883. The molecule has 0 saturated carbocycles. The van der Waals surface area contributed by atoms with E-state index < -0.39 is 0 Å². The predicted molar refractivity (Wildman–Crippen MR) is 100 cm³/mol. The summed E-state index contributed by atoms with van der Waals surface area (Å²) in [7, 11) is 0. The van der Waals surface area contributed by atoms with Crippen LogP contribution in [0.4, 0.5) is 0 Å². The zero-order valence-electron chi connectivity index (χ0n) is 13.8. The number of hydrogen-bond donors (Lipinski definition) is 1. The molecule has 3 heterocycles. The van der Waals surface area contributed by atoms with Gasteiger partial charge in [-0.05, 0) is 44.9 Å². The highest BCUT2D eigenvalue weighted by Crippen LogP contribution is 2.28. The molecule has 1 aromatic heterocycles. The summed E-state index contributed by atoms with van der Waals surface area (Å²) in [5.74, 6) is 1.15. The Morgan fingerprint density at radius 3 is 2.79 bits per heavy atom. The first-order valence-electron chi connectivity index (χ1n) is 8.18. The molecule has 2 aromatic rings. The first-order valence-corrected chi connectivity index (χ1v) is 8.18. The third-order valence-electron chi connectivity index (χ3n) is 5.08. The van der Waals surface area contributed by atoms with Crippen molar-refractivity contribution in [1.82, 2.24) is 19.8 Å². The molecule has 4 rings (SSSR count). The molecule has 7 heteroatoms. The van der Waals surface area contributed by atoms with E-state index in [2.05, 4.69) is 19.8 Å². The summed E-state index contributed by atoms with van der Waals surface area (Å²) in [5.41, 5.74) is 2.02. The van der Waals surface area contributed by atoms with Crippen molar-refractivity contribution in [3.8, 4) is 0 Å². The molecule has 5 nitrogen and oxygen atoms in total. The summed E-state index contributed by atoms with van der Waals surface area (Å²) in [6, 6.07) is 8.83. The van der Waals surface area contributed by atoms with Gasteiger partial charge in [-0.15, -0.1) is 24.8 Å². The van der Waals surface area contributed by atoms with Crippen molar-refractivity contribution in [1.29, 1.82) is 0 Å². The number of halogens is 2. The van der Waals surface area contributed by atoms with Crippen LogP contribution in [0.1, 0.15) is 25.1 Å². The number of carbonyl (C=O) groups excluding carboxylic acids is 1. The minimum absolute atomic E-state index is 0. The second-order valence-corrected chi connectivity index (χ2v) is 6.41. The first-order chi connectivity index (χ1) is 10.7. The van der Waals surface area contributed by atoms with E-state index >= 15 is 0 Å². The van der Waals surface area contributed by atoms with Gasteiger partial charge in [-0.2, -0.15) is 0 Å². The zero-order valence-corrected chi connectivity index (χ0v) is 15.4. The number of rotatable bonds is 2. The Balaban J connectivity index is 0.00000104. The van der Waals surface area contributed by atoms with Gasteiger partial charge < -0.3 is 14.8 Å². The van der Waals surface area contributed by atoms with Crippen LogP contribution in [0.25, 0.3) is 11.0 Å². The lowest BCUT2D eigenvalue weighted by molar-refractivity contribution is -0.134. The van der Waals surface area contributed by atoms with Gasteiger partial charge in [0, 0.05) is 18.6 Å². The summed E-state index contributed by atoms with van der Waals surface area (Å²) in [6.45, 7) is 4.34. The lowest BCUT2D eigenvalue weighted by Gasteiger charge is -2.28. The molecule has 2 fully saturated rings. The van der Waals surface area contributed by atoms with Gasteiger partial charge in [-0.1, -0.05) is 12.1 Å². The van der Waals surface area contributed by atoms with Gasteiger partial charge >= 0.3 is 0 Å². The molecule has 0 aliphatic carbocycles. The number of imidazole rings is 1. The molecule has 2 saturated heterocycles. The Kier molecular flexibility index (Phi) is 6.12. The summed E-state index contributed by atoms with van der Waals surface area (Å²) in [4.78, 5) is 19.6. The van der Waals surface area contributed by atoms with Gasteiger partial charge in [0.05, 0.1) is 11.0 Å². The van der Waals surface area contributed by atoms with Gasteiger partial charge in [-0.3, -0.25) is 4.79 Å².